The molecule has 1 spiro atoms. The van der Waals surface area contributed by atoms with E-state index >= 15 is 0 Å². The first-order chi connectivity index (χ1) is 21.1. The summed E-state index contributed by atoms with van der Waals surface area (Å²) >= 11 is 0. The number of aryl methyl sites for hydroxylation is 1. The van der Waals surface area contributed by atoms with Crippen LogP contribution in [0.25, 0.3) is 0 Å². The predicted octanol–water partition coefficient (Wildman–Crippen LogP) is 6.44. The quantitative estimate of drug-likeness (QED) is 0.122. The number of rotatable bonds is 12. The van der Waals surface area contributed by atoms with E-state index in [1.54, 1.807) is 0 Å². The van der Waals surface area contributed by atoms with Crippen molar-refractivity contribution in [3.8, 4) is 5.75 Å². The first-order valence-electron chi connectivity index (χ1n) is 15.8. The molecular formula is C33H47N5O6S. The number of nitro groups is 1. The number of carbonyl (C=O) groups is 1. The Bertz CT molecular complexity index is 1590. The smallest absolute Gasteiger partial charge is 0.270 e. The van der Waals surface area contributed by atoms with Crippen LogP contribution < -0.4 is 10.1 Å². The van der Waals surface area contributed by atoms with E-state index in [4.69, 9.17) is 9.85 Å². The number of azo groups is 1. The molecule has 0 radical (unpaired) electrons. The Hall–Kier alpha value is -3.38. The maximum Gasteiger partial charge on any atom is 0.270 e. The normalized spacial score (nSPS) is 25.4. The van der Waals surface area contributed by atoms with Gasteiger partial charge in [0.25, 0.3) is 11.6 Å². The second-order valence-electron chi connectivity index (χ2n) is 13.0. The van der Waals surface area contributed by atoms with Crippen LogP contribution in [0.3, 0.4) is 0 Å². The molecular weight excluding hydrogens is 594 g/mol. The summed E-state index contributed by atoms with van der Waals surface area (Å²) in [5, 5.41) is 23.7. The number of β-lactam (4-membered cyclic amide) rings is 1. The molecule has 4 rings (SSSR count). The van der Waals surface area contributed by atoms with E-state index in [9.17, 15) is 23.3 Å². The van der Waals surface area contributed by atoms with Gasteiger partial charge in [-0.05, 0) is 80.8 Å². The lowest BCUT2D eigenvalue weighted by Crippen LogP contribution is -2.88. The number of nitrogens with one attached hydrogen (secondary N) is 1. The van der Waals surface area contributed by atoms with Crippen LogP contribution in [0.15, 0.2) is 51.5 Å². The topological polar surface area (TPSA) is 144 Å². The lowest BCUT2D eigenvalue weighted by atomic mass is 9.58. The zero-order chi connectivity index (χ0) is 33.4. The highest BCUT2D eigenvalue weighted by atomic mass is 32.2. The van der Waals surface area contributed by atoms with Crippen molar-refractivity contribution in [2.45, 2.75) is 114 Å². The third kappa shape index (κ3) is 6.23. The number of carbonyl (C=O) groups excluding carboxylic acids is 1. The number of hydrogen-bond acceptors (Lipinski definition) is 9. The van der Waals surface area contributed by atoms with Crippen LogP contribution in [-0.2, 0) is 20.0 Å². The van der Waals surface area contributed by atoms with Gasteiger partial charge < -0.3 is 15.0 Å². The zero-order valence-corrected chi connectivity index (χ0v) is 28.5. The zero-order valence-electron chi connectivity index (χ0n) is 27.7. The van der Waals surface area contributed by atoms with Crippen molar-refractivity contribution < 1.29 is 22.9 Å². The van der Waals surface area contributed by atoms with Crippen LogP contribution in [0, 0.1) is 17.0 Å². The van der Waals surface area contributed by atoms with Gasteiger partial charge in [0.1, 0.15) is 21.9 Å². The summed E-state index contributed by atoms with van der Waals surface area (Å²) in [5.74, 6) is 0.423. The second-order valence-corrected chi connectivity index (χ2v) is 15.0. The van der Waals surface area contributed by atoms with Crippen molar-refractivity contribution in [1.82, 2.24) is 10.2 Å². The highest BCUT2D eigenvalue weighted by Crippen LogP contribution is 2.51. The number of benzene rings is 2. The third-order valence-corrected chi connectivity index (χ3v) is 11.3. The van der Waals surface area contributed by atoms with Crippen molar-refractivity contribution in [3.05, 3.63) is 57.6 Å². The minimum atomic E-state index is -3.85. The largest absolute Gasteiger partial charge is 0.475 e. The van der Waals surface area contributed by atoms with Gasteiger partial charge >= 0.3 is 0 Å². The van der Waals surface area contributed by atoms with Gasteiger partial charge in [0.15, 0.2) is 9.84 Å². The highest BCUT2D eigenvalue weighted by Gasteiger charge is 2.72. The van der Waals surface area contributed by atoms with Gasteiger partial charge in [-0.15, -0.1) is 0 Å². The molecule has 1 heterocycles. The minimum absolute atomic E-state index is 0.00464. The monoisotopic (exact) mass is 641 g/mol. The molecule has 2 aromatic carbocycles. The fourth-order valence-electron chi connectivity index (χ4n) is 6.92. The third-order valence-electron chi connectivity index (χ3n) is 10.1. The predicted molar refractivity (Wildman–Crippen MR) is 174 cm³/mol. The Morgan fingerprint density at radius 2 is 1.80 bits per heavy atom. The molecule has 45 heavy (non-hydrogen) atoms. The van der Waals surface area contributed by atoms with Crippen molar-refractivity contribution in [3.63, 3.8) is 0 Å². The first-order valence-corrected chi connectivity index (χ1v) is 17.7. The van der Waals surface area contributed by atoms with Crippen LogP contribution in [0.2, 0.25) is 0 Å². The Morgan fingerprint density at radius 1 is 1.11 bits per heavy atom. The molecule has 2 aliphatic rings. The summed E-state index contributed by atoms with van der Waals surface area (Å²) in [5.41, 5.74) is -0.340. The van der Waals surface area contributed by atoms with Crippen molar-refractivity contribution >= 4 is 27.1 Å². The average molecular weight is 642 g/mol. The fraction of sp³-hybridized carbons (Fsp3) is 0.606. The molecule has 12 heteroatoms. The molecule has 1 aliphatic carbocycles. The molecule has 0 bridgehead atoms. The fourth-order valence-corrected chi connectivity index (χ4v) is 7.74. The number of amides is 1. The standard InChI is InChI=1S/C33H47N5O6S/c1-9-31(6,7)23-13-17-27(22(5)19-23)44-33(10-2)30(39)34-32(33)21-25(37(11-3)12-4)15-18-29(32)36-35-26-16-14-24(38(40)41)20-28(26)45(8,42)43/h13-14,16-17,19-20,25,29H,9-12,15,18,21H2,1-8H3,(H,34,39). The maximum absolute atomic E-state index is 13.7. The second kappa shape index (κ2) is 12.8. The molecule has 1 aliphatic heterocycles. The Balaban J connectivity index is 1.80. The Labute approximate surface area is 266 Å². The van der Waals surface area contributed by atoms with Gasteiger partial charge in [0, 0.05) is 24.4 Å². The first kappa shape index (κ1) is 34.5. The van der Waals surface area contributed by atoms with E-state index in [0.717, 1.165) is 43.8 Å². The van der Waals surface area contributed by atoms with E-state index in [2.05, 4.69) is 62.1 Å². The lowest BCUT2D eigenvalue weighted by Gasteiger charge is -2.62. The van der Waals surface area contributed by atoms with Crippen molar-refractivity contribution in [2.75, 3.05) is 19.3 Å². The number of nitro benzene ring substituents is 1. The van der Waals surface area contributed by atoms with E-state index in [0.29, 0.717) is 25.0 Å². The van der Waals surface area contributed by atoms with Gasteiger partial charge in [-0.3, -0.25) is 14.9 Å². The molecule has 0 aromatic heterocycles. The molecule has 246 valence electrons. The molecule has 1 amide bonds. The lowest BCUT2D eigenvalue weighted by molar-refractivity contribution is -0.385. The van der Waals surface area contributed by atoms with Gasteiger partial charge in [-0.2, -0.15) is 10.2 Å². The van der Waals surface area contributed by atoms with Gasteiger partial charge in [-0.1, -0.05) is 53.7 Å². The number of nitrogens with zero attached hydrogens (tertiary/aromatic N) is 4. The number of hydrogen-bond donors (Lipinski definition) is 1. The number of non-ortho nitro benzene ring substituents is 1. The SMILES string of the molecule is CCN(CC)C1CCC(N=Nc2ccc([N+](=O)[O-])cc2S(C)(=O)=O)C2(C1)NC(=O)C2(CC)Oc1ccc(C(C)(C)CC)cc1C. The molecule has 4 atom stereocenters. The average Bonchev–Trinajstić information content (AvgIpc) is 2.99. The highest BCUT2D eigenvalue weighted by molar-refractivity contribution is 7.90. The molecule has 1 N–H and O–H groups in total. The molecule has 2 fully saturated rings. The van der Waals surface area contributed by atoms with Gasteiger partial charge in [0.05, 0.1) is 11.0 Å². The van der Waals surface area contributed by atoms with Gasteiger partial charge in [-0.25, -0.2) is 8.42 Å². The maximum atomic E-state index is 13.7. The summed E-state index contributed by atoms with van der Waals surface area (Å²) in [6.45, 7) is 16.5. The van der Waals surface area contributed by atoms with E-state index in [1.807, 2.05) is 19.9 Å². The van der Waals surface area contributed by atoms with Crippen LogP contribution >= 0.6 is 0 Å². The summed E-state index contributed by atoms with van der Waals surface area (Å²) in [7, 11) is -3.85. The summed E-state index contributed by atoms with van der Waals surface area (Å²) < 4.78 is 32.0. The van der Waals surface area contributed by atoms with Crippen LogP contribution in [-0.4, -0.2) is 66.7 Å². The summed E-state index contributed by atoms with van der Waals surface area (Å²) in [6, 6.07) is 9.32. The van der Waals surface area contributed by atoms with E-state index < -0.39 is 31.9 Å². The number of sulfone groups is 1. The molecule has 2 aromatic rings. The summed E-state index contributed by atoms with van der Waals surface area (Å²) in [4.78, 5) is 26.5. The molecule has 1 saturated carbocycles. The Kier molecular flexibility index (Phi) is 9.80. The van der Waals surface area contributed by atoms with Crippen LogP contribution in [0.1, 0.15) is 84.8 Å². The van der Waals surface area contributed by atoms with Crippen molar-refractivity contribution in [1.29, 1.82) is 0 Å². The number of ether oxygens (including phenoxy) is 1. The van der Waals surface area contributed by atoms with E-state index in [-0.39, 0.29) is 33.6 Å². The molecule has 1 saturated heterocycles. The van der Waals surface area contributed by atoms with E-state index in [1.165, 1.54) is 17.7 Å². The molecule has 11 nitrogen and oxygen atoms in total. The van der Waals surface area contributed by atoms with Crippen LogP contribution in [0.5, 0.6) is 5.75 Å². The van der Waals surface area contributed by atoms with Crippen molar-refractivity contribution in [2.24, 2.45) is 10.2 Å². The summed E-state index contributed by atoms with van der Waals surface area (Å²) in [6.07, 6.45) is 4.33. The Morgan fingerprint density at radius 3 is 2.33 bits per heavy atom. The van der Waals surface area contributed by atoms with Gasteiger partial charge in [0.2, 0.25) is 5.60 Å². The minimum Gasteiger partial charge on any atom is -0.475 e. The van der Waals surface area contributed by atoms with Crippen LogP contribution in [0.4, 0.5) is 11.4 Å². The molecule has 4 unspecified atom stereocenters.